The first kappa shape index (κ1) is 59.5. The average molecular weight is 1050 g/mol. The van der Waals surface area contributed by atoms with Crippen molar-refractivity contribution in [1.82, 2.24) is 50.8 Å². The number of fused-ring (bicyclic) bond motifs is 2. The number of amides is 6. The number of aliphatic carboxylic acids is 3. The van der Waals surface area contributed by atoms with E-state index in [0.717, 1.165) is 11.4 Å². The van der Waals surface area contributed by atoms with E-state index < -0.39 is 71.1 Å². The van der Waals surface area contributed by atoms with Gasteiger partial charge in [0.05, 0.1) is 37.6 Å². The van der Waals surface area contributed by atoms with Gasteiger partial charge >= 0.3 is 17.9 Å². The van der Waals surface area contributed by atoms with E-state index in [1.165, 1.54) is 23.5 Å². The number of piperidine rings is 1. The summed E-state index contributed by atoms with van der Waals surface area (Å²) in [6.07, 6.45) is 0.701. The molecule has 4 atom stereocenters. The summed E-state index contributed by atoms with van der Waals surface area (Å²) in [6, 6.07) is 2.32. The molecule has 1 aromatic rings. The van der Waals surface area contributed by atoms with Crippen LogP contribution in [0.25, 0.3) is 0 Å². The van der Waals surface area contributed by atoms with Crippen LogP contribution in [0.15, 0.2) is 18.2 Å². The third kappa shape index (κ3) is 20.1. The van der Waals surface area contributed by atoms with Gasteiger partial charge in [-0.05, 0) is 43.2 Å². The van der Waals surface area contributed by atoms with Crippen LogP contribution in [0.4, 0.5) is 0 Å². The number of carbonyl (C=O) groups is 9. The molecule has 1 aromatic heterocycles. The van der Waals surface area contributed by atoms with Crippen molar-refractivity contribution in [3.05, 3.63) is 29.6 Å². The Labute approximate surface area is 429 Å². The van der Waals surface area contributed by atoms with E-state index >= 15 is 0 Å². The number of carboxylic acid groups (broad SMARTS) is 3. The number of pyridine rings is 1. The van der Waals surface area contributed by atoms with Gasteiger partial charge in [-0.2, -0.15) is 23.5 Å². The number of carboxylic acids is 3. The standard InChI is InChI=1S/C47H75N11O12S2/c1-5-32(4)42-45(69)50-36(43(48)67)30-72-29-34-8-6-7-33(49-34)28-71-22-9-37(59)53-47(46(70)51-35(23-31(2)3)44(68)52-42)10-12-58(13-11-47)38(60)24-54-14-16-55(25-39(61)62)18-20-57(27-41(65)66)21-19-56(17-15-54)26-40(63)64/h6-8,31-32,35-36,42H,5,9-30H2,1-4H3,(H2,48,67)(H,50,69)(H,51,70)(H,52,68)(H,53,59)(H,61,62)(H,63,64)(H,65,66)/t32-,35-,36-,42-/m0/s1. The summed E-state index contributed by atoms with van der Waals surface area (Å²) in [7, 11) is 0. The van der Waals surface area contributed by atoms with Gasteiger partial charge in [0, 0.05) is 94.9 Å². The smallest absolute Gasteiger partial charge is 0.317 e. The number of nitrogens with one attached hydrogen (secondary N) is 4. The first-order valence-corrected chi connectivity index (χ1v) is 26.9. The predicted molar refractivity (Wildman–Crippen MR) is 270 cm³/mol. The minimum Gasteiger partial charge on any atom is -0.480 e. The third-order valence-corrected chi connectivity index (χ3v) is 15.1. The van der Waals surface area contributed by atoms with Gasteiger partial charge in [-0.15, -0.1) is 0 Å². The molecule has 0 unspecified atom stereocenters. The number of aromatic nitrogens is 1. The van der Waals surface area contributed by atoms with Crippen molar-refractivity contribution in [2.24, 2.45) is 17.6 Å². The van der Waals surface area contributed by atoms with E-state index in [2.05, 4.69) is 21.3 Å². The molecule has 402 valence electrons. The van der Waals surface area contributed by atoms with Gasteiger partial charge < -0.3 is 47.2 Å². The van der Waals surface area contributed by atoms with E-state index in [4.69, 9.17) is 10.7 Å². The molecule has 0 aliphatic carbocycles. The summed E-state index contributed by atoms with van der Waals surface area (Å²) in [6.45, 7) is 8.23. The highest BCUT2D eigenvalue weighted by Gasteiger charge is 2.45. The van der Waals surface area contributed by atoms with Crippen LogP contribution in [0, 0.1) is 11.8 Å². The van der Waals surface area contributed by atoms with Crippen LogP contribution in [-0.4, -0.2) is 225 Å². The van der Waals surface area contributed by atoms with Crippen LogP contribution < -0.4 is 27.0 Å². The minimum atomic E-state index is -1.54. The molecule has 9 N–H and O–H groups in total. The number of nitrogens with two attached hydrogens (primary N) is 1. The lowest BCUT2D eigenvalue weighted by molar-refractivity contribution is -0.142. The molecule has 0 saturated carbocycles. The SMILES string of the molecule is CC[C@H](C)[C@@H]1NC(=O)[C@H](CC(C)C)NC(=O)C2(CCN(C(=O)CN3CCN(CC(=O)O)CCN(CC(=O)O)CCN(CC(=O)O)CC3)CC2)NC(=O)CCSCc2cccc(n2)CSC[C@@H](C(N)=O)NC1=O. The first-order chi connectivity index (χ1) is 34.2. The van der Waals surface area contributed by atoms with Crippen molar-refractivity contribution in [1.29, 1.82) is 0 Å². The molecule has 2 saturated heterocycles. The molecule has 4 heterocycles. The van der Waals surface area contributed by atoms with Crippen molar-refractivity contribution < 1.29 is 58.5 Å². The zero-order chi connectivity index (χ0) is 53.0. The lowest BCUT2D eigenvalue weighted by Gasteiger charge is -2.42. The number of primary amides is 1. The number of hydrogen-bond donors (Lipinski definition) is 8. The molecule has 3 aliphatic heterocycles. The summed E-state index contributed by atoms with van der Waals surface area (Å²) in [4.78, 5) is 132. The molecule has 0 aromatic carbocycles. The fourth-order valence-electron chi connectivity index (χ4n) is 8.68. The number of hydrogen-bond acceptors (Lipinski definition) is 16. The molecule has 1 spiro atoms. The Morgan fingerprint density at radius 2 is 1.22 bits per heavy atom. The summed E-state index contributed by atoms with van der Waals surface area (Å²) in [5.74, 6) is -5.53. The summed E-state index contributed by atoms with van der Waals surface area (Å²) < 4.78 is 0. The molecule has 2 bridgehead atoms. The maximum Gasteiger partial charge on any atom is 0.317 e. The van der Waals surface area contributed by atoms with E-state index in [9.17, 15) is 58.5 Å². The number of rotatable bonds is 13. The zero-order valence-corrected chi connectivity index (χ0v) is 43.6. The Kier molecular flexibility index (Phi) is 24.4. The highest BCUT2D eigenvalue weighted by Crippen LogP contribution is 2.25. The van der Waals surface area contributed by atoms with Crippen LogP contribution in [0.3, 0.4) is 0 Å². The van der Waals surface area contributed by atoms with Gasteiger partial charge in [0.2, 0.25) is 35.4 Å². The van der Waals surface area contributed by atoms with Crippen LogP contribution in [0.2, 0.25) is 0 Å². The van der Waals surface area contributed by atoms with Crippen LogP contribution in [0.5, 0.6) is 0 Å². The third-order valence-electron chi connectivity index (χ3n) is 13.1. The molecular formula is C47H75N11O12S2. The number of thioether (sulfide) groups is 2. The molecule has 2 fully saturated rings. The van der Waals surface area contributed by atoms with Crippen LogP contribution in [-0.2, 0) is 54.7 Å². The van der Waals surface area contributed by atoms with Gasteiger partial charge in [0.25, 0.3) is 0 Å². The van der Waals surface area contributed by atoms with Gasteiger partial charge in [-0.25, -0.2) is 0 Å². The second kappa shape index (κ2) is 29.6. The zero-order valence-electron chi connectivity index (χ0n) is 42.0. The van der Waals surface area contributed by atoms with Crippen LogP contribution >= 0.6 is 23.5 Å². The van der Waals surface area contributed by atoms with Gasteiger partial charge in [0.15, 0.2) is 0 Å². The predicted octanol–water partition coefficient (Wildman–Crippen LogP) is -1.06. The fourth-order valence-corrected chi connectivity index (χ4v) is 10.5. The molecule has 72 heavy (non-hydrogen) atoms. The van der Waals surface area contributed by atoms with Crippen molar-refractivity contribution in [3.8, 4) is 0 Å². The number of carbonyl (C=O) groups excluding carboxylic acids is 6. The first-order valence-electron chi connectivity index (χ1n) is 24.6. The van der Waals surface area contributed by atoms with Crippen molar-refractivity contribution in [3.63, 3.8) is 0 Å². The van der Waals surface area contributed by atoms with Gasteiger partial charge in [0.1, 0.15) is 23.7 Å². The van der Waals surface area contributed by atoms with Crippen molar-refractivity contribution in [2.45, 2.75) is 95.0 Å². The summed E-state index contributed by atoms with van der Waals surface area (Å²) >= 11 is 2.86. The highest BCUT2D eigenvalue weighted by molar-refractivity contribution is 7.98. The van der Waals surface area contributed by atoms with E-state index in [-0.39, 0.29) is 141 Å². The Morgan fingerprint density at radius 3 is 1.69 bits per heavy atom. The molecule has 3 aliphatic rings. The molecule has 6 amide bonds. The van der Waals surface area contributed by atoms with Gasteiger partial charge in [-0.3, -0.25) is 67.7 Å². The van der Waals surface area contributed by atoms with Crippen LogP contribution in [0.1, 0.15) is 71.2 Å². The quantitative estimate of drug-likeness (QED) is 0.117. The highest BCUT2D eigenvalue weighted by atomic mass is 32.2. The average Bonchev–Trinajstić information content (AvgIpc) is 3.31. The maximum atomic E-state index is 14.7. The molecule has 23 nitrogen and oxygen atoms in total. The van der Waals surface area contributed by atoms with E-state index in [0.29, 0.717) is 23.7 Å². The van der Waals surface area contributed by atoms with Gasteiger partial charge in [-0.1, -0.05) is 40.2 Å². The molecule has 4 rings (SSSR count). The summed E-state index contributed by atoms with van der Waals surface area (Å²) in [5, 5.41) is 40.3. The van der Waals surface area contributed by atoms with Crippen molar-refractivity contribution in [2.75, 3.05) is 103 Å². The Hall–Kier alpha value is -5.08. The largest absolute Gasteiger partial charge is 0.480 e. The lowest BCUT2D eigenvalue weighted by atomic mass is 9.85. The monoisotopic (exact) mass is 1050 g/mol. The Balaban J connectivity index is 1.59. The Morgan fingerprint density at radius 1 is 0.722 bits per heavy atom. The molecular weight excluding hydrogens is 975 g/mol. The second-order valence-electron chi connectivity index (χ2n) is 19.2. The lowest BCUT2D eigenvalue weighted by Crippen LogP contribution is -2.66. The fraction of sp³-hybridized carbons (Fsp3) is 0.702. The maximum absolute atomic E-state index is 14.7. The molecule has 0 radical (unpaired) electrons. The van der Waals surface area contributed by atoms with E-state index in [1.54, 1.807) is 26.5 Å². The molecule has 25 heteroatoms. The number of nitrogens with zero attached hydrogens (tertiary/aromatic N) is 6. The summed E-state index contributed by atoms with van der Waals surface area (Å²) in [5.41, 5.74) is 5.73. The number of likely N-dealkylation sites (tertiary alicyclic amines) is 1. The topological polar surface area (TPSA) is 318 Å². The minimum absolute atomic E-state index is 0.00771. The Bertz CT molecular complexity index is 2010. The second-order valence-corrected chi connectivity index (χ2v) is 21.4. The van der Waals surface area contributed by atoms with Crippen molar-refractivity contribution >= 4 is 76.9 Å². The normalized spacial score (nSPS) is 23.4. The van der Waals surface area contributed by atoms with E-state index in [1.807, 2.05) is 43.9 Å².